The summed E-state index contributed by atoms with van der Waals surface area (Å²) in [6, 6.07) is 10.5. The van der Waals surface area contributed by atoms with Crippen molar-refractivity contribution in [3.8, 4) is 11.4 Å². The van der Waals surface area contributed by atoms with Crippen molar-refractivity contribution in [3.05, 3.63) is 58.7 Å². The molecule has 7 heteroatoms. The summed E-state index contributed by atoms with van der Waals surface area (Å²) < 4.78 is 4.00. The number of hydrogen-bond acceptors (Lipinski definition) is 2. The van der Waals surface area contributed by atoms with Crippen LogP contribution in [0.2, 0.25) is 0 Å². The van der Waals surface area contributed by atoms with Crippen molar-refractivity contribution < 1.29 is 45.9 Å². The minimum atomic E-state index is 0. The van der Waals surface area contributed by atoms with Gasteiger partial charge >= 0.3 is 21.1 Å². The van der Waals surface area contributed by atoms with Crippen molar-refractivity contribution in [3.63, 3.8) is 0 Å². The van der Waals surface area contributed by atoms with Crippen LogP contribution >= 0.6 is 0 Å². The summed E-state index contributed by atoms with van der Waals surface area (Å²) in [4.78, 5) is 0. The maximum Gasteiger partial charge on any atom is 2.00 e. The number of rotatable bonds is 2. The summed E-state index contributed by atoms with van der Waals surface area (Å²) >= 11 is 0. The van der Waals surface area contributed by atoms with E-state index in [1.54, 1.807) is 0 Å². The van der Waals surface area contributed by atoms with Gasteiger partial charge in [0, 0.05) is 11.4 Å². The number of aryl methyl sites for hydroxylation is 5. The molecule has 3 rings (SSSR count). The molecule has 0 saturated carbocycles. The van der Waals surface area contributed by atoms with Gasteiger partial charge in [-0.1, -0.05) is 12.1 Å². The molecule has 0 fully saturated rings. The van der Waals surface area contributed by atoms with Crippen LogP contribution < -0.4 is 24.8 Å². The van der Waals surface area contributed by atoms with Gasteiger partial charge in [-0.25, -0.2) is 9.36 Å². The Bertz CT molecular complexity index is 824. The third-order valence-corrected chi connectivity index (χ3v) is 3.68. The smallest absolute Gasteiger partial charge is 1.00 e. The average Bonchev–Trinajstić information content (AvgIpc) is 2.91. The van der Waals surface area contributed by atoms with Crippen molar-refractivity contribution in [1.82, 2.24) is 19.6 Å². The predicted molar refractivity (Wildman–Crippen MR) is 84.4 cm³/mol. The topological polar surface area (TPSA) is 35.6 Å². The van der Waals surface area contributed by atoms with Crippen molar-refractivity contribution in [2.75, 3.05) is 0 Å². The largest absolute Gasteiger partial charge is 2.00 e. The molecule has 2 heterocycles. The van der Waals surface area contributed by atoms with E-state index in [1.807, 2.05) is 23.2 Å². The van der Waals surface area contributed by atoms with Gasteiger partial charge in [0.05, 0.1) is 22.8 Å². The zero-order chi connectivity index (χ0) is 15.1. The van der Waals surface area contributed by atoms with Crippen molar-refractivity contribution in [1.29, 1.82) is 0 Å². The Balaban J connectivity index is 0.00000176. The van der Waals surface area contributed by atoms with E-state index in [1.165, 1.54) is 5.56 Å². The molecule has 1 aromatic carbocycles. The van der Waals surface area contributed by atoms with Crippen LogP contribution in [-0.2, 0) is 21.1 Å². The van der Waals surface area contributed by atoms with E-state index < -0.39 is 0 Å². The van der Waals surface area contributed by atoms with Gasteiger partial charge in [0.15, 0.2) is 0 Å². The first-order valence-electron chi connectivity index (χ1n) is 7.14. The molecule has 0 amide bonds. The molecule has 132 valence electrons. The Morgan fingerprint density at radius 2 is 1.25 bits per heavy atom. The molecule has 0 unspecified atom stereocenters. The molecule has 0 atom stereocenters. The molecule has 4 nitrogen and oxygen atoms in total. The van der Waals surface area contributed by atoms with Crippen LogP contribution in [0.15, 0.2) is 30.3 Å². The Labute approximate surface area is 169 Å². The monoisotopic (exact) mass is 545 g/mol. The molecular weight excluding hydrogens is 526 g/mol. The van der Waals surface area contributed by atoms with Crippen LogP contribution in [-0.4, -0.2) is 19.6 Å². The first-order valence-corrected chi connectivity index (χ1v) is 7.14. The van der Waals surface area contributed by atoms with Gasteiger partial charge in [0.25, 0.3) is 0 Å². The van der Waals surface area contributed by atoms with Crippen molar-refractivity contribution in [2.24, 2.45) is 0 Å². The quantitative estimate of drug-likeness (QED) is 0.360. The molecule has 0 bridgehead atoms. The Hall–Kier alpha value is -1.09. The second-order valence-corrected chi connectivity index (χ2v) is 5.62. The van der Waals surface area contributed by atoms with Crippen molar-refractivity contribution in [2.45, 2.75) is 34.6 Å². The van der Waals surface area contributed by atoms with E-state index in [4.69, 9.17) is 0 Å². The summed E-state index contributed by atoms with van der Waals surface area (Å²) in [6.45, 7) is 10.3. The van der Waals surface area contributed by atoms with Gasteiger partial charge in [-0.3, -0.25) is 0 Å². The number of benzene rings is 1. The Kier molecular flexibility index (Phi) is 8.44. The second-order valence-electron chi connectivity index (χ2n) is 5.62. The van der Waals surface area contributed by atoms with Crippen LogP contribution in [0.3, 0.4) is 0 Å². The zero-order valence-electron chi connectivity index (χ0n) is 14.2. The molecule has 0 aliphatic rings. The summed E-state index contributed by atoms with van der Waals surface area (Å²) in [7, 11) is 0. The van der Waals surface area contributed by atoms with E-state index in [2.05, 4.69) is 61.3 Å². The molecule has 0 aliphatic heterocycles. The standard InChI is InChI=1S/C17H20N4.2ClH.Pt/c1-11-7-6-8-16(20-14(4)9-12(2)18-20)17(11)21-15(5)10-13(3)19-21;;;/h6-10H,1-5H3;2*1H;/q;;;+2/p-2. The first kappa shape index (κ1) is 22.9. The van der Waals surface area contributed by atoms with Gasteiger partial charge in [-0.15, -0.1) is 0 Å². The number of para-hydroxylation sites is 1. The molecule has 2 aromatic heterocycles. The molecule has 0 radical (unpaired) electrons. The number of nitrogens with zero attached hydrogens (tertiary/aromatic N) is 4. The Morgan fingerprint density at radius 3 is 1.71 bits per heavy atom. The summed E-state index contributed by atoms with van der Waals surface area (Å²) in [5, 5.41) is 9.26. The van der Waals surface area contributed by atoms with E-state index >= 15 is 0 Å². The summed E-state index contributed by atoms with van der Waals surface area (Å²) in [6.07, 6.45) is 0. The fraction of sp³-hybridized carbons (Fsp3) is 0.294. The second kappa shape index (κ2) is 8.84. The van der Waals surface area contributed by atoms with Crippen molar-refractivity contribution >= 4 is 0 Å². The Morgan fingerprint density at radius 1 is 0.750 bits per heavy atom. The normalized spacial score (nSPS) is 9.71. The van der Waals surface area contributed by atoms with Gasteiger partial charge < -0.3 is 24.8 Å². The molecule has 0 N–H and O–H groups in total. The van der Waals surface area contributed by atoms with E-state index in [9.17, 15) is 0 Å². The van der Waals surface area contributed by atoms with Crippen LogP contribution in [0.5, 0.6) is 0 Å². The SMILES string of the molecule is Cc1cc(C)n(-c2cccc(C)c2-n2nc(C)cc2C)n1.[Cl-].[Cl-].[Pt+2]. The molecule has 3 aromatic rings. The molecule has 24 heavy (non-hydrogen) atoms. The molecule has 0 aliphatic carbocycles. The fourth-order valence-corrected chi connectivity index (χ4v) is 2.82. The van der Waals surface area contributed by atoms with Gasteiger partial charge in [0.1, 0.15) is 0 Å². The first-order chi connectivity index (χ1) is 9.97. The molecule has 0 spiro atoms. The summed E-state index contributed by atoms with van der Waals surface area (Å²) in [5.41, 5.74) is 7.64. The van der Waals surface area contributed by atoms with Gasteiger partial charge in [0.2, 0.25) is 0 Å². The minimum Gasteiger partial charge on any atom is -1.00 e. The summed E-state index contributed by atoms with van der Waals surface area (Å²) in [5.74, 6) is 0. The third-order valence-electron chi connectivity index (χ3n) is 3.68. The molecule has 0 saturated heterocycles. The van der Waals surface area contributed by atoms with E-state index in [0.717, 1.165) is 34.2 Å². The van der Waals surface area contributed by atoms with Crippen LogP contribution in [0.25, 0.3) is 11.4 Å². The third kappa shape index (κ3) is 4.11. The number of hydrogen-bond donors (Lipinski definition) is 0. The maximum absolute atomic E-state index is 4.64. The van der Waals surface area contributed by atoms with Gasteiger partial charge in [-0.05, 0) is 58.4 Å². The average molecular weight is 546 g/mol. The maximum atomic E-state index is 4.64. The fourth-order valence-electron chi connectivity index (χ4n) is 2.82. The van der Waals surface area contributed by atoms with E-state index in [-0.39, 0.29) is 45.9 Å². The van der Waals surface area contributed by atoms with Crippen LogP contribution in [0, 0.1) is 34.6 Å². The van der Waals surface area contributed by atoms with E-state index in [0.29, 0.717) is 0 Å². The number of halogens is 2. The minimum absolute atomic E-state index is 0. The van der Waals surface area contributed by atoms with Crippen LogP contribution in [0.1, 0.15) is 28.3 Å². The van der Waals surface area contributed by atoms with Gasteiger partial charge in [-0.2, -0.15) is 10.2 Å². The van der Waals surface area contributed by atoms with Crippen LogP contribution in [0.4, 0.5) is 0 Å². The number of aromatic nitrogens is 4. The molecular formula is C17H20Cl2N4Pt. The zero-order valence-corrected chi connectivity index (χ0v) is 18.0. The predicted octanol–water partition coefficient (Wildman–Crippen LogP) is -2.39.